The number of nitro benzene ring substituents is 1. The number of hydrogen-bond acceptors (Lipinski definition) is 7. The predicted octanol–water partition coefficient (Wildman–Crippen LogP) is 4.02. The Morgan fingerprint density at radius 3 is 2.16 bits per heavy atom. The molecule has 0 unspecified atom stereocenters. The second kappa shape index (κ2) is 9.56. The van der Waals surface area contributed by atoms with E-state index < -0.39 is 14.9 Å². The molecule has 0 aromatic heterocycles. The third-order valence-corrected chi connectivity index (χ3v) is 6.52. The van der Waals surface area contributed by atoms with Crippen molar-refractivity contribution in [2.45, 2.75) is 11.4 Å². The lowest BCUT2D eigenvalue weighted by Gasteiger charge is -2.25. The zero-order valence-corrected chi connectivity index (χ0v) is 18.5. The summed E-state index contributed by atoms with van der Waals surface area (Å²) in [6, 6.07) is 16.5. The Hall–Kier alpha value is -3.79. The number of benzene rings is 3. The molecule has 0 fully saturated rings. The van der Waals surface area contributed by atoms with Crippen LogP contribution in [0.5, 0.6) is 17.2 Å². The number of sulfonamides is 1. The summed E-state index contributed by atoms with van der Waals surface area (Å²) in [7, 11) is 0.360. The van der Waals surface area contributed by atoms with Crippen LogP contribution >= 0.6 is 0 Å². The zero-order valence-electron chi connectivity index (χ0n) is 17.7. The molecule has 10 heteroatoms. The largest absolute Gasteiger partial charge is 0.497 e. The molecule has 0 heterocycles. The third kappa shape index (κ3) is 4.75. The summed E-state index contributed by atoms with van der Waals surface area (Å²) in [6.45, 7) is -0.0439. The van der Waals surface area contributed by atoms with Crippen LogP contribution in [0.4, 0.5) is 11.4 Å². The summed E-state index contributed by atoms with van der Waals surface area (Å²) in [6.07, 6.45) is 0. The quantitative estimate of drug-likeness (QED) is 0.352. The Labute approximate surface area is 186 Å². The van der Waals surface area contributed by atoms with E-state index >= 15 is 0 Å². The van der Waals surface area contributed by atoms with Crippen molar-refractivity contribution in [3.8, 4) is 17.2 Å². The fraction of sp³-hybridized carbons (Fsp3) is 0.182. The first-order valence-electron chi connectivity index (χ1n) is 9.42. The van der Waals surface area contributed by atoms with E-state index in [0.29, 0.717) is 28.5 Å². The second-order valence-corrected chi connectivity index (χ2v) is 8.52. The van der Waals surface area contributed by atoms with Crippen LogP contribution in [0, 0.1) is 10.1 Å². The van der Waals surface area contributed by atoms with Crippen LogP contribution in [0.2, 0.25) is 0 Å². The Morgan fingerprint density at radius 2 is 1.56 bits per heavy atom. The summed E-state index contributed by atoms with van der Waals surface area (Å²) < 4.78 is 44.0. The Balaban J connectivity index is 2.10. The van der Waals surface area contributed by atoms with Gasteiger partial charge in [0.25, 0.3) is 15.7 Å². The van der Waals surface area contributed by atoms with E-state index in [4.69, 9.17) is 14.2 Å². The number of nitrogens with zero attached hydrogens (tertiary/aromatic N) is 2. The maximum absolute atomic E-state index is 13.6. The molecule has 3 rings (SSSR count). The van der Waals surface area contributed by atoms with Crippen LogP contribution in [0.1, 0.15) is 5.56 Å². The molecule has 168 valence electrons. The van der Waals surface area contributed by atoms with Crippen molar-refractivity contribution in [2.24, 2.45) is 0 Å². The van der Waals surface area contributed by atoms with E-state index in [9.17, 15) is 18.5 Å². The van der Waals surface area contributed by atoms with Crippen molar-refractivity contribution in [2.75, 3.05) is 25.6 Å². The average molecular weight is 458 g/mol. The van der Waals surface area contributed by atoms with Gasteiger partial charge in [0.1, 0.15) is 5.75 Å². The van der Waals surface area contributed by atoms with Crippen molar-refractivity contribution < 1.29 is 27.6 Å². The Morgan fingerprint density at radius 1 is 0.875 bits per heavy atom. The normalized spacial score (nSPS) is 11.0. The van der Waals surface area contributed by atoms with E-state index in [1.54, 1.807) is 42.5 Å². The van der Waals surface area contributed by atoms with Gasteiger partial charge < -0.3 is 14.2 Å². The maximum Gasteiger partial charge on any atom is 0.270 e. The van der Waals surface area contributed by atoms with E-state index in [0.717, 1.165) is 6.07 Å². The van der Waals surface area contributed by atoms with E-state index in [-0.39, 0.29) is 17.1 Å². The van der Waals surface area contributed by atoms with E-state index in [2.05, 4.69) is 0 Å². The minimum absolute atomic E-state index is 0.0439. The first-order valence-corrected chi connectivity index (χ1v) is 10.9. The van der Waals surface area contributed by atoms with Crippen molar-refractivity contribution in [1.29, 1.82) is 0 Å². The molecule has 0 spiro atoms. The van der Waals surface area contributed by atoms with Gasteiger partial charge in [-0.1, -0.05) is 12.1 Å². The molecule has 32 heavy (non-hydrogen) atoms. The lowest BCUT2D eigenvalue weighted by atomic mass is 10.2. The highest BCUT2D eigenvalue weighted by atomic mass is 32.2. The van der Waals surface area contributed by atoms with Gasteiger partial charge in [-0.15, -0.1) is 0 Å². The summed E-state index contributed by atoms with van der Waals surface area (Å²) in [5, 5.41) is 11.2. The van der Waals surface area contributed by atoms with Gasteiger partial charge in [0.15, 0.2) is 11.5 Å². The Bertz CT molecular complexity index is 1210. The van der Waals surface area contributed by atoms with Crippen LogP contribution < -0.4 is 18.5 Å². The number of rotatable bonds is 9. The first kappa shape index (κ1) is 22.9. The van der Waals surface area contributed by atoms with Crippen molar-refractivity contribution >= 4 is 21.4 Å². The number of methoxy groups -OCH3 is 3. The fourth-order valence-electron chi connectivity index (χ4n) is 3.09. The monoisotopic (exact) mass is 458 g/mol. The average Bonchev–Trinajstić information content (AvgIpc) is 2.82. The van der Waals surface area contributed by atoms with Crippen molar-refractivity contribution in [1.82, 2.24) is 0 Å². The lowest BCUT2D eigenvalue weighted by Crippen LogP contribution is -2.30. The lowest BCUT2D eigenvalue weighted by molar-refractivity contribution is -0.385. The molecule has 0 aliphatic carbocycles. The predicted molar refractivity (Wildman–Crippen MR) is 119 cm³/mol. The molecule has 0 bridgehead atoms. The molecule has 3 aromatic rings. The topological polar surface area (TPSA) is 108 Å². The van der Waals surface area contributed by atoms with Gasteiger partial charge in [0, 0.05) is 12.1 Å². The molecule has 3 aromatic carbocycles. The standard InChI is InChI=1S/C22H22N2O7S/c1-29-19-10-8-17(9-11-19)23(15-16-7-12-21(30-2)22(13-16)31-3)32(27,28)20-6-4-5-18(14-20)24(25)26/h4-14H,15H2,1-3H3. The maximum atomic E-state index is 13.6. The van der Waals surface area contributed by atoms with Gasteiger partial charge in [-0.25, -0.2) is 8.42 Å². The number of hydrogen-bond donors (Lipinski definition) is 0. The SMILES string of the molecule is COc1ccc(N(Cc2ccc(OC)c(OC)c2)S(=O)(=O)c2cccc([N+](=O)[O-])c2)cc1. The molecule has 9 nitrogen and oxygen atoms in total. The molecular formula is C22H22N2O7S. The van der Waals surface area contributed by atoms with Crippen LogP contribution in [0.3, 0.4) is 0 Å². The first-order chi connectivity index (χ1) is 15.3. The number of anilines is 1. The highest BCUT2D eigenvalue weighted by Gasteiger charge is 2.27. The molecule has 0 radical (unpaired) electrons. The molecule has 0 atom stereocenters. The van der Waals surface area contributed by atoms with Gasteiger partial charge in [-0.3, -0.25) is 14.4 Å². The zero-order chi connectivity index (χ0) is 23.3. The van der Waals surface area contributed by atoms with Crippen LogP contribution in [0.25, 0.3) is 0 Å². The van der Waals surface area contributed by atoms with Crippen LogP contribution in [0.15, 0.2) is 71.6 Å². The number of ether oxygens (including phenoxy) is 3. The molecule has 0 saturated heterocycles. The van der Waals surface area contributed by atoms with Crippen molar-refractivity contribution in [3.63, 3.8) is 0 Å². The van der Waals surface area contributed by atoms with E-state index in [1.807, 2.05) is 0 Å². The van der Waals surface area contributed by atoms with E-state index in [1.165, 1.54) is 43.8 Å². The summed E-state index contributed by atoms with van der Waals surface area (Å²) in [5.41, 5.74) is 0.687. The fourth-order valence-corrected chi connectivity index (χ4v) is 4.59. The second-order valence-electron chi connectivity index (χ2n) is 6.65. The van der Waals surface area contributed by atoms with Gasteiger partial charge in [0.05, 0.1) is 43.4 Å². The molecule has 0 aliphatic heterocycles. The smallest absolute Gasteiger partial charge is 0.270 e. The molecule has 0 N–H and O–H groups in total. The summed E-state index contributed by atoms with van der Waals surface area (Å²) in [5.74, 6) is 1.52. The van der Waals surface area contributed by atoms with Gasteiger partial charge in [-0.05, 0) is 48.0 Å². The van der Waals surface area contributed by atoms with Gasteiger partial charge >= 0.3 is 0 Å². The summed E-state index contributed by atoms with van der Waals surface area (Å²) >= 11 is 0. The van der Waals surface area contributed by atoms with Gasteiger partial charge in [-0.2, -0.15) is 0 Å². The highest BCUT2D eigenvalue weighted by Crippen LogP contribution is 2.32. The molecular weight excluding hydrogens is 436 g/mol. The third-order valence-electron chi connectivity index (χ3n) is 4.75. The molecule has 0 amide bonds. The highest BCUT2D eigenvalue weighted by molar-refractivity contribution is 7.92. The summed E-state index contributed by atoms with van der Waals surface area (Å²) in [4.78, 5) is 10.3. The Kier molecular flexibility index (Phi) is 6.84. The minimum Gasteiger partial charge on any atom is -0.497 e. The van der Waals surface area contributed by atoms with Crippen LogP contribution in [-0.4, -0.2) is 34.7 Å². The number of non-ortho nitro benzene ring substituents is 1. The molecule has 0 saturated carbocycles. The van der Waals surface area contributed by atoms with Crippen molar-refractivity contribution in [3.05, 3.63) is 82.4 Å². The minimum atomic E-state index is -4.15. The van der Waals surface area contributed by atoms with Gasteiger partial charge in [0.2, 0.25) is 0 Å². The molecule has 0 aliphatic rings. The number of nitro groups is 1. The van der Waals surface area contributed by atoms with Crippen LogP contribution in [-0.2, 0) is 16.6 Å².